The third-order valence-electron chi connectivity index (χ3n) is 2.67. The molecule has 0 amide bonds. The minimum atomic E-state index is -0.497. The van der Waals surface area contributed by atoms with Gasteiger partial charge in [-0.2, -0.15) is 10.4 Å². The first-order chi connectivity index (χ1) is 9.56. The van der Waals surface area contributed by atoms with Crippen LogP contribution >= 0.6 is 23.2 Å². The highest BCUT2D eigenvalue weighted by Crippen LogP contribution is 2.21. The van der Waals surface area contributed by atoms with E-state index in [9.17, 15) is 4.79 Å². The Morgan fingerprint density at radius 3 is 2.85 bits per heavy atom. The van der Waals surface area contributed by atoms with E-state index in [2.05, 4.69) is 5.10 Å². The molecule has 1 aromatic carbocycles. The van der Waals surface area contributed by atoms with E-state index in [0.29, 0.717) is 16.9 Å². The van der Waals surface area contributed by atoms with Gasteiger partial charge in [-0.05, 0) is 18.2 Å². The SMILES string of the molecule is COc1ccc(C#N)cc1Cn1ncc(Cl)c(Cl)c1=O. The van der Waals surface area contributed by atoms with Crippen LogP contribution in [0.2, 0.25) is 10.0 Å². The van der Waals surface area contributed by atoms with Gasteiger partial charge in [-0.25, -0.2) is 4.68 Å². The van der Waals surface area contributed by atoms with Crippen LogP contribution in [-0.2, 0) is 6.54 Å². The van der Waals surface area contributed by atoms with Gasteiger partial charge in [0, 0.05) is 5.56 Å². The van der Waals surface area contributed by atoms with Crippen LogP contribution in [0.3, 0.4) is 0 Å². The summed E-state index contributed by atoms with van der Waals surface area (Å²) in [5.74, 6) is 0.559. The van der Waals surface area contributed by atoms with Crippen LogP contribution in [-0.4, -0.2) is 16.9 Å². The molecule has 5 nitrogen and oxygen atoms in total. The van der Waals surface area contributed by atoms with Crippen LogP contribution in [0.25, 0.3) is 0 Å². The summed E-state index contributed by atoms with van der Waals surface area (Å²) >= 11 is 11.5. The Morgan fingerprint density at radius 2 is 2.20 bits per heavy atom. The highest BCUT2D eigenvalue weighted by atomic mass is 35.5. The van der Waals surface area contributed by atoms with Gasteiger partial charge < -0.3 is 4.74 Å². The number of benzene rings is 1. The molecule has 0 radical (unpaired) electrons. The fourth-order valence-electron chi connectivity index (χ4n) is 1.69. The Balaban J connectivity index is 2.47. The molecule has 1 heterocycles. The quantitative estimate of drug-likeness (QED) is 0.873. The number of hydrogen-bond acceptors (Lipinski definition) is 4. The van der Waals surface area contributed by atoms with Crippen molar-refractivity contribution < 1.29 is 4.74 Å². The van der Waals surface area contributed by atoms with Crippen molar-refractivity contribution in [1.82, 2.24) is 9.78 Å². The van der Waals surface area contributed by atoms with Crippen LogP contribution in [0, 0.1) is 11.3 Å². The minimum Gasteiger partial charge on any atom is -0.496 e. The Hall–Kier alpha value is -2.03. The molecule has 102 valence electrons. The van der Waals surface area contributed by atoms with Crippen molar-refractivity contribution in [2.24, 2.45) is 0 Å². The average Bonchev–Trinajstić information content (AvgIpc) is 2.47. The lowest BCUT2D eigenvalue weighted by Gasteiger charge is -2.10. The predicted molar refractivity (Wildman–Crippen MR) is 75.3 cm³/mol. The van der Waals surface area contributed by atoms with E-state index in [1.54, 1.807) is 18.2 Å². The third kappa shape index (κ3) is 2.77. The zero-order valence-electron chi connectivity index (χ0n) is 10.4. The number of aromatic nitrogens is 2. The van der Waals surface area contributed by atoms with Gasteiger partial charge in [0.2, 0.25) is 0 Å². The number of hydrogen-bond donors (Lipinski definition) is 0. The normalized spacial score (nSPS) is 10.1. The predicted octanol–water partition coefficient (Wildman–Crippen LogP) is 2.48. The summed E-state index contributed by atoms with van der Waals surface area (Å²) < 4.78 is 6.36. The van der Waals surface area contributed by atoms with Crippen LogP contribution in [0.1, 0.15) is 11.1 Å². The first kappa shape index (κ1) is 14.4. The van der Waals surface area contributed by atoms with Gasteiger partial charge in [0.25, 0.3) is 5.56 Å². The van der Waals surface area contributed by atoms with E-state index in [0.717, 1.165) is 4.68 Å². The molecule has 0 saturated carbocycles. The molecule has 0 aliphatic carbocycles. The van der Waals surface area contributed by atoms with Gasteiger partial charge in [0.15, 0.2) is 0 Å². The Bertz CT molecular complexity index is 750. The molecule has 0 bridgehead atoms. The molecule has 1 aromatic heterocycles. The molecule has 20 heavy (non-hydrogen) atoms. The van der Waals surface area contributed by atoms with Crippen molar-refractivity contribution in [2.75, 3.05) is 7.11 Å². The smallest absolute Gasteiger partial charge is 0.287 e. The molecule has 2 aromatic rings. The topological polar surface area (TPSA) is 67.9 Å². The second-order valence-electron chi connectivity index (χ2n) is 3.91. The summed E-state index contributed by atoms with van der Waals surface area (Å²) in [6.45, 7) is 0.133. The molecule has 0 fully saturated rings. The molecule has 0 saturated heterocycles. The van der Waals surface area contributed by atoms with E-state index >= 15 is 0 Å². The first-order valence-corrected chi connectivity index (χ1v) is 6.30. The van der Waals surface area contributed by atoms with Gasteiger partial charge in [-0.1, -0.05) is 23.2 Å². The van der Waals surface area contributed by atoms with Gasteiger partial charge >= 0.3 is 0 Å². The number of halogens is 2. The Labute approximate surface area is 124 Å². The van der Waals surface area contributed by atoms with Crippen LogP contribution in [0.5, 0.6) is 5.75 Å². The Morgan fingerprint density at radius 1 is 1.45 bits per heavy atom. The molecular weight excluding hydrogens is 301 g/mol. The van der Waals surface area contributed by atoms with E-state index in [1.165, 1.54) is 13.3 Å². The summed E-state index contributed by atoms with van der Waals surface area (Å²) in [7, 11) is 1.51. The molecule has 2 rings (SSSR count). The summed E-state index contributed by atoms with van der Waals surface area (Å²) in [6.07, 6.45) is 1.30. The van der Waals surface area contributed by atoms with Gasteiger partial charge in [-0.15, -0.1) is 0 Å². The van der Waals surface area contributed by atoms with Crippen molar-refractivity contribution in [1.29, 1.82) is 5.26 Å². The lowest BCUT2D eigenvalue weighted by Crippen LogP contribution is -2.24. The molecule has 0 unspecified atom stereocenters. The molecule has 0 aliphatic heterocycles. The van der Waals surface area contributed by atoms with Gasteiger partial charge in [-0.3, -0.25) is 4.79 Å². The summed E-state index contributed by atoms with van der Waals surface area (Å²) in [6, 6.07) is 6.96. The zero-order valence-corrected chi connectivity index (χ0v) is 11.9. The van der Waals surface area contributed by atoms with Crippen molar-refractivity contribution in [2.45, 2.75) is 6.54 Å². The Kier molecular flexibility index (Phi) is 4.28. The van der Waals surface area contributed by atoms with Crippen molar-refractivity contribution >= 4 is 23.2 Å². The number of methoxy groups -OCH3 is 1. The largest absolute Gasteiger partial charge is 0.496 e. The van der Waals surface area contributed by atoms with Crippen molar-refractivity contribution in [3.8, 4) is 11.8 Å². The maximum atomic E-state index is 11.9. The number of ether oxygens (including phenoxy) is 1. The highest BCUT2D eigenvalue weighted by molar-refractivity contribution is 6.41. The minimum absolute atomic E-state index is 0.0860. The lowest BCUT2D eigenvalue weighted by molar-refractivity contribution is 0.406. The fraction of sp³-hybridized carbons (Fsp3) is 0.154. The molecule has 0 aliphatic rings. The molecule has 7 heteroatoms. The average molecular weight is 310 g/mol. The molecular formula is C13H9Cl2N3O2. The number of nitriles is 1. The number of rotatable bonds is 3. The van der Waals surface area contributed by atoms with E-state index in [4.69, 9.17) is 33.2 Å². The number of nitrogens with zero attached hydrogens (tertiary/aromatic N) is 3. The lowest BCUT2D eigenvalue weighted by atomic mass is 10.1. The molecule has 0 N–H and O–H groups in total. The molecule has 0 atom stereocenters. The van der Waals surface area contributed by atoms with E-state index in [-0.39, 0.29) is 16.6 Å². The monoisotopic (exact) mass is 309 g/mol. The van der Waals surface area contributed by atoms with Crippen LogP contribution in [0.4, 0.5) is 0 Å². The zero-order chi connectivity index (χ0) is 14.7. The second-order valence-corrected chi connectivity index (χ2v) is 4.69. The van der Waals surface area contributed by atoms with Crippen molar-refractivity contribution in [3.63, 3.8) is 0 Å². The van der Waals surface area contributed by atoms with Gasteiger partial charge in [0.1, 0.15) is 10.8 Å². The van der Waals surface area contributed by atoms with Crippen molar-refractivity contribution in [3.05, 3.63) is 55.9 Å². The summed E-state index contributed by atoms with van der Waals surface area (Å²) in [5, 5.41) is 12.8. The van der Waals surface area contributed by atoms with E-state index in [1.807, 2.05) is 6.07 Å². The summed E-state index contributed by atoms with van der Waals surface area (Å²) in [5.41, 5.74) is 0.622. The maximum Gasteiger partial charge on any atom is 0.287 e. The second kappa shape index (κ2) is 5.95. The highest BCUT2D eigenvalue weighted by Gasteiger charge is 2.11. The summed E-state index contributed by atoms with van der Waals surface area (Å²) in [4.78, 5) is 11.9. The van der Waals surface area contributed by atoms with Gasteiger partial charge in [0.05, 0.1) is 36.5 Å². The van der Waals surface area contributed by atoms with E-state index < -0.39 is 5.56 Å². The fourth-order valence-corrected chi connectivity index (χ4v) is 1.96. The van der Waals surface area contributed by atoms with Crippen LogP contribution < -0.4 is 10.3 Å². The maximum absolute atomic E-state index is 11.9. The van der Waals surface area contributed by atoms with Crippen LogP contribution in [0.15, 0.2) is 29.2 Å². The standard InChI is InChI=1S/C13H9Cl2N3O2/c1-20-11-3-2-8(5-16)4-9(11)7-18-13(19)12(15)10(14)6-17-18/h2-4,6H,7H2,1H3. The third-order valence-corrected chi connectivity index (χ3v) is 3.42. The molecule has 0 spiro atoms. The first-order valence-electron chi connectivity index (χ1n) is 5.55.